The van der Waals surface area contributed by atoms with Gasteiger partial charge in [0.2, 0.25) is 0 Å². The van der Waals surface area contributed by atoms with E-state index in [1.54, 1.807) is 0 Å². The van der Waals surface area contributed by atoms with E-state index in [0.717, 1.165) is 13.1 Å². The van der Waals surface area contributed by atoms with Crippen LogP contribution >= 0.6 is 0 Å². The van der Waals surface area contributed by atoms with Gasteiger partial charge < -0.3 is 9.74 Å². The normalized spacial score (nSPS) is 26.8. The van der Waals surface area contributed by atoms with Crippen LogP contribution in [-0.4, -0.2) is 72.4 Å². The fourth-order valence-corrected chi connectivity index (χ4v) is 2.07. The number of rotatable bonds is 2. The number of hydrogen-bond acceptors (Lipinski definition) is 6. The molecule has 0 saturated carbocycles. The van der Waals surface area contributed by atoms with E-state index >= 15 is 0 Å². The summed E-state index contributed by atoms with van der Waals surface area (Å²) in [6.45, 7) is 2.16. The lowest BCUT2D eigenvalue weighted by atomic mass is 10.2. The minimum absolute atomic E-state index is 0.118. The van der Waals surface area contributed by atoms with Gasteiger partial charge in [-0.2, -0.15) is 0 Å². The van der Waals surface area contributed by atoms with Crippen LogP contribution in [0.2, 0.25) is 0 Å². The fraction of sp³-hybridized carbons (Fsp3) is 0.727. The lowest BCUT2D eigenvalue weighted by molar-refractivity contribution is -0.202. The van der Waals surface area contributed by atoms with Crippen molar-refractivity contribution in [3.8, 4) is 0 Å². The van der Waals surface area contributed by atoms with E-state index in [4.69, 9.17) is 4.84 Å². The molecule has 2 fully saturated rings. The number of carbonyl (C=O) groups excluding carboxylic acids is 3. The van der Waals surface area contributed by atoms with Crippen LogP contribution in [0, 0.1) is 0 Å². The highest BCUT2D eigenvalue weighted by atomic mass is 16.7. The second-order valence-electron chi connectivity index (χ2n) is 4.75. The smallest absolute Gasteiger partial charge is 0.329 e. The maximum atomic E-state index is 12.0. The van der Waals surface area contributed by atoms with Gasteiger partial charge in [-0.1, -0.05) is 0 Å². The average Bonchev–Trinajstić information content (AvgIpc) is 2.64. The van der Waals surface area contributed by atoms with Gasteiger partial charge in [-0.15, -0.1) is 5.06 Å². The number of carbonyl (C=O) groups is 3. The number of imide groups is 1. The summed E-state index contributed by atoms with van der Waals surface area (Å²) < 4.78 is 0. The largest absolute Gasteiger partial charge is 0.351 e. The third-order valence-corrected chi connectivity index (χ3v) is 3.31. The molecule has 2 rings (SSSR count). The lowest BCUT2D eigenvalue weighted by Crippen LogP contribution is -2.55. The lowest BCUT2D eigenvalue weighted by Gasteiger charge is -2.36. The van der Waals surface area contributed by atoms with Gasteiger partial charge >= 0.3 is 5.97 Å². The van der Waals surface area contributed by atoms with Gasteiger partial charge in [-0.25, -0.2) is 4.79 Å². The van der Waals surface area contributed by atoms with Gasteiger partial charge in [0.15, 0.2) is 0 Å². The number of hydrogen-bond donors (Lipinski definition) is 0. The molecule has 0 radical (unpaired) electrons. The summed E-state index contributed by atoms with van der Waals surface area (Å²) in [4.78, 5) is 43.5. The summed E-state index contributed by atoms with van der Waals surface area (Å²) in [5.74, 6) is -1.44. The first-order valence-corrected chi connectivity index (χ1v) is 5.95. The zero-order valence-electron chi connectivity index (χ0n) is 10.6. The predicted octanol–water partition coefficient (Wildman–Crippen LogP) is -1.16. The molecule has 0 aliphatic carbocycles. The van der Waals surface area contributed by atoms with Crippen LogP contribution in [0.3, 0.4) is 0 Å². The molecule has 0 spiro atoms. The molecular formula is C11H17N3O4. The zero-order chi connectivity index (χ0) is 13.3. The van der Waals surface area contributed by atoms with Gasteiger partial charge in [-0.05, 0) is 14.1 Å². The van der Waals surface area contributed by atoms with Crippen molar-refractivity contribution < 1.29 is 19.2 Å². The molecule has 1 atom stereocenters. The van der Waals surface area contributed by atoms with Crippen molar-refractivity contribution in [2.75, 3.05) is 33.7 Å². The number of nitrogens with zero attached hydrogens (tertiary/aromatic N) is 3. The Bertz CT molecular complexity index is 368. The Labute approximate surface area is 105 Å². The maximum absolute atomic E-state index is 12.0. The van der Waals surface area contributed by atoms with Crippen molar-refractivity contribution in [1.29, 1.82) is 0 Å². The van der Waals surface area contributed by atoms with Crippen LogP contribution < -0.4 is 0 Å². The van der Waals surface area contributed by atoms with Crippen molar-refractivity contribution >= 4 is 17.8 Å². The number of likely N-dealkylation sites (N-methyl/N-ethyl adjacent to an activating group) is 2. The molecule has 7 heteroatoms. The number of piperazine rings is 1. The third-order valence-electron chi connectivity index (χ3n) is 3.31. The van der Waals surface area contributed by atoms with Crippen molar-refractivity contribution in [3.63, 3.8) is 0 Å². The van der Waals surface area contributed by atoms with E-state index in [2.05, 4.69) is 0 Å². The van der Waals surface area contributed by atoms with Gasteiger partial charge in [-0.3, -0.25) is 14.5 Å². The Balaban J connectivity index is 1.98. The van der Waals surface area contributed by atoms with E-state index < -0.39 is 23.8 Å². The quantitative estimate of drug-likeness (QED) is 0.580. The van der Waals surface area contributed by atoms with Crippen molar-refractivity contribution in [3.05, 3.63) is 0 Å². The van der Waals surface area contributed by atoms with Gasteiger partial charge in [0.05, 0.1) is 0 Å². The molecule has 2 saturated heterocycles. The number of amides is 2. The summed E-state index contributed by atoms with van der Waals surface area (Å²) in [5.41, 5.74) is 0. The Morgan fingerprint density at radius 1 is 1.17 bits per heavy atom. The molecule has 2 aliphatic rings. The number of hydroxylamine groups is 2. The van der Waals surface area contributed by atoms with Crippen molar-refractivity contribution in [1.82, 2.24) is 14.9 Å². The molecule has 18 heavy (non-hydrogen) atoms. The first-order valence-electron chi connectivity index (χ1n) is 5.95. The van der Waals surface area contributed by atoms with E-state index in [9.17, 15) is 14.4 Å². The second kappa shape index (κ2) is 5.03. The Hall–Kier alpha value is -1.47. The molecule has 100 valence electrons. The van der Waals surface area contributed by atoms with Crippen LogP contribution in [0.5, 0.6) is 0 Å². The molecular weight excluding hydrogens is 238 g/mol. The zero-order valence-corrected chi connectivity index (χ0v) is 10.6. The molecule has 2 heterocycles. The third kappa shape index (κ3) is 2.51. The molecule has 7 nitrogen and oxygen atoms in total. The maximum Gasteiger partial charge on any atom is 0.351 e. The summed E-state index contributed by atoms with van der Waals surface area (Å²) in [6.07, 6.45) is 0.235. The van der Waals surface area contributed by atoms with E-state index in [1.807, 2.05) is 23.9 Å². The van der Waals surface area contributed by atoms with Crippen LogP contribution in [0.1, 0.15) is 12.8 Å². The highest BCUT2D eigenvalue weighted by molar-refractivity contribution is 6.01. The summed E-state index contributed by atoms with van der Waals surface area (Å²) in [7, 11) is 3.74. The fourth-order valence-electron chi connectivity index (χ4n) is 2.07. The molecule has 0 bridgehead atoms. The minimum atomic E-state index is -0.548. The SMILES string of the molecule is CN1CCN(C)C(C(=O)ON2C(=O)CCC2=O)C1. The molecule has 0 aromatic carbocycles. The highest BCUT2D eigenvalue weighted by Gasteiger charge is 2.37. The monoisotopic (exact) mass is 255 g/mol. The summed E-state index contributed by atoms with van der Waals surface area (Å²) >= 11 is 0. The van der Waals surface area contributed by atoms with Crippen molar-refractivity contribution in [2.45, 2.75) is 18.9 Å². The van der Waals surface area contributed by atoms with Crippen molar-refractivity contribution in [2.24, 2.45) is 0 Å². The summed E-state index contributed by atoms with van der Waals surface area (Å²) in [6, 6.07) is -0.440. The Kier molecular flexibility index (Phi) is 3.63. The predicted molar refractivity (Wildman–Crippen MR) is 61.1 cm³/mol. The Morgan fingerprint density at radius 3 is 2.39 bits per heavy atom. The van der Waals surface area contributed by atoms with Crippen LogP contribution in [-0.2, 0) is 19.2 Å². The molecule has 0 aromatic heterocycles. The van der Waals surface area contributed by atoms with Crippen LogP contribution in [0.4, 0.5) is 0 Å². The standard InChI is InChI=1S/C11H17N3O4/c1-12-5-6-13(2)8(7-12)11(17)18-14-9(15)3-4-10(14)16/h8H,3-7H2,1-2H3. The van der Waals surface area contributed by atoms with Gasteiger partial charge in [0.1, 0.15) is 6.04 Å². The minimum Gasteiger partial charge on any atom is -0.329 e. The van der Waals surface area contributed by atoms with Crippen LogP contribution in [0.15, 0.2) is 0 Å². The Morgan fingerprint density at radius 2 is 1.78 bits per heavy atom. The van der Waals surface area contributed by atoms with Gasteiger partial charge in [0.25, 0.3) is 11.8 Å². The molecule has 0 N–H and O–H groups in total. The highest BCUT2D eigenvalue weighted by Crippen LogP contribution is 2.15. The van der Waals surface area contributed by atoms with E-state index in [1.165, 1.54) is 0 Å². The average molecular weight is 255 g/mol. The molecule has 0 aromatic rings. The van der Waals surface area contributed by atoms with Gasteiger partial charge in [0, 0.05) is 32.5 Å². The molecule has 2 amide bonds. The second-order valence-corrected chi connectivity index (χ2v) is 4.75. The molecule has 1 unspecified atom stereocenters. The first kappa shape index (κ1) is 13.0. The topological polar surface area (TPSA) is 70.2 Å². The summed E-state index contributed by atoms with van der Waals surface area (Å²) in [5, 5.41) is 0.602. The van der Waals surface area contributed by atoms with E-state index in [-0.39, 0.29) is 12.8 Å². The first-order chi connectivity index (χ1) is 8.49. The van der Waals surface area contributed by atoms with Crippen LogP contribution in [0.25, 0.3) is 0 Å². The molecule has 2 aliphatic heterocycles. The van der Waals surface area contributed by atoms with E-state index in [0.29, 0.717) is 11.6 Å².